The van der Waals surface area contributed by atoms with Gasteiger partial charge < -0.3 is 10.4 Å². The largest absolute Gasteiger partial charge is 0.465 e. The lowest BCUT2D eigenvalue weighted by atomic mass is 10.0. The number of amides is 4. The van der Waals surface area contributed by atoms with Gasteiger partial charge in [0.25, 0.3) is 5.91 Å². The summed E-state index contributed by atoms with van der Waals surface area (Å²) in [7, 11) is 3.21. The molecule has 0 aliphatic carbocycles. The van der Waals surface area contributed by atoms with Crippen molar-refractivity contribution in [2.45, 2.75) is 32.4 Å². The van der Waals surface area contributed by atoms with Gasteiger partial charge in [-0.1, -0.05) is 13.8 Å². The molecule has 0 unspecified atom stereocenters. The molecule has 3 N–H and O–H groups in total. The lowest BCUT2D eigenvalue weighted by Crippen LogP contribution is -2.59. The molecule has 0 aromatic heterocycles. The van der Waals surface area contributed by atoms with Crippen LogP contribution in [0, 0.1) is 0 Å². The molecule has 0 fully saturated rings. The molecular weight excluding hydrogens is 264 g/mol. The molecule has 4 amide bonds. The van der Waals surface area contributed by atoms with Gasteiger partial charge in [0.15, 0.2) is 5.70 Å². The van der Waals surface area contributed by atoms with E-state index in [-0.39, 0.29) is 10.2 Å². The number of rotatable bonds is 2. The van der Waals surface area contributed by atoms with Crippen LogP contribution < -0.4 is 10.6 Å². The number of nitrogens with one attached hydrogen (secondary N) is 2. The molecule has 2 heterocycles. The van der Waals surface area contributed by atoms with Gasteiger partial charge in [-0.2, -0.15) is 4.48 Å². The molecule has 0 aromatic rings. The molecule has 2 aliphatic heterocycles. The molecule has 0 spiro atoms. The van der Waals surface area contributed by atoms with Gasteiger partial charge in [-0.3, -0.25) is 4.79 Å². The molecule has 2 aliphatic rings. The summed E-state index contributed by atoms with van der Waals surface area (Å²) in [6, 6.07) is -0.491. The maximum Gasteiger partial charge on any atom is 0.429 e. The third-order valence-corrected chi connectivity index (χ3v) is 4.09. The van der Waals surface area contributed by atoms with Crippen LogP contribution in [0.15, 0.2) is 11.5 Å². The highest BCUT2D eigenvalue weighted by Gasteiger charge is 2.58. The number of hydrogen-bond donors (Lipinski definition) is 3. The van der Waals surface area contributed by atoms with Crippen LogP contribution >= 0.6 is 0 Å². The Morgan fingerprint density at radius 1 is 1.30 bits per heavy atom. The second kappa shape index (κ2) is 4.20. The summed E-state index contributed by atoms with van der Waals surface area (Å²) in [5.74, 6) is -0.356. The number of imide groups is 1. The fourth-order valence-corrected chi connectivity index (χ4v) is 2.69. The number of quaternary nitrogens is 1. The molecule has 110 valence electrons. The molecular formula is C12H19N4O4+. The quantitative estimate of drug-likeness (QED) is 0.644. The molecule has 8 heteroatoms. The van der Waals surface area contributed by atoms with Gasteiger partial charge in [0.2, 0.25) is 5.82 Å². The smallest absolute Gasteiger partial charge is 0.429 e. The van der Waals surface area contributed by atoms with Crippen molar-refractivity contribution in [2.75, 3.05) is 14.1 Å². The fraction of sp³-hybridized carbons (Fsp3) is 0.583. The minimum atomic E-state index is -1.21. The van der Waals surface area contributed by atoms with Crippen LogP contribution in [0.2, 0.25) is 0 Å². The van der Waals surface area contributed by atoms with Gasteiger partial charge in [-0.25, -0.2) is 19.8 Å². The molecule has 0 aromatic carbocycles. The third-order valence-electron chi connectivity index (χ3n) is 4.09. The van der Waals surface area contributed by atoms with Crippen molar-refractivity contribution in [3.8, 4) is 0 Å². The molecule has 20 heavy (non-hydrogen) atoms. The normalized spacial score (nSPS) is 23.3. The Balaban J connectivity index is 2.65. The van der Waals surface area contributed by atoms with E-state index >= 15 is 0 Å². The molecule has 0 saturated heterocycles. The van der Waals surface area contributed by atoms with Gasteiger partial charge in [0, 0.05) is 0 Å². The Hall–Kier alpha value is -2.09. The number of nitrogens with zero attached hydrogens (tertiary/aromatic N) is 2. The summed E-state index contributed by atoms with van der Waals surface area (Å²) in [6.07, 6.45) is -0.259. The van der Waals surface area contributed by atoms with Crippen LogP contribution in [-0.2, 0) is 4.79 Å². The van der Waals surface area contributed by atoms with Crippen molar-refractivity contribution in [1.29, 1.82) is 0 Å². The lowest BCUT2D eigenvalue weighted by molar-refractivity contribution is -0.773. The van der Waals surface area contributed by atoms with E-state index < -0.39 is 23.7 Å². The maximum absolute atomic E-state index is 12.1. The molecule has 0 saturated carbocycles. The highest BCUT2D eigenvalue weighted by molar-refractivity contribution is 6.06. The second-order valence-electron chi connectivity index (χ2n) is 5.39. The number of hydrogen-bond acceptors (Lipinski definition) is 4. The van der Waals surface area contributed by atoms with Crippen LogP contribution in [0.5, 0.6) is 0 Å². The Morgan fingerprint density at radius 3 is 2.30 bits per heavy atom. The summed E-state index contributed by atoms with van der Waals surface area (Å²) in [5, 5.41) is 14.8. The monoisotopic (exact) mass is 283 g/mol. The van der Waals surface area contributed by atoms with Gasteiger partial charge in [0.1, 0.15) is 5.66 Å². The number of urea groups is 1. The van der Waals surface area contributed by atoms with Gasteiger partial charge in [-0.15, -0.1) is 0 Å². The molecule has 0 atom stereocenters. The average molecular weight is 283 g/mol. The van der Waals surface area contributed by atoms with Crippen molar-refractivity contribution in [3.05, 3.63) is 11.5 Å². The first kappa shape index (κ1) is 14.3. The summed E-state index contributed by atoms with van der Waals surface area (Å²) in [6.45, 7) is 3.68. The Bertz CT molecular complexity index is 534. The van der Waals surface area contributed by atoms with Crippen LogP contribution in [-0.4, -0.2) is 52.3 Å². The number of carbonyl (C=O) groups is 3. The zero-order valence-corrected chi connectivity index (χ0v) is 12.0. The minimum Gasteiger partial charge on any atom is -0.465 e. The van der Waals surface area contributed by atoms with E-state index in [4.69, 9.17) is 0 Å². The fourth-order valence-electron chi connectivity index (χ4n) is 2.69. The van der Waals surface area contributed by atoms with E-state index in [9.17, 15) is 19.5 Å². The predicted octanol–water partition coefficient (Wildman–Crippen LogP) is 0.581. The van der Waals surface area contributed by atoms with Crippen LogP contribution in [0.25, 0.3) is 0 Å². The second-order valence-corrected chi connectivity index (χ2v) is 5.39. The number of carboxylic acid groups (broad SMARTS) is 1. The van der Waals surface area contributed by atoms with Crippen LogP contribution in [0.3, 0.4) is 0 Å². The predicted molar refractivity (Wildman–Crippen MR) is 69.0 cm³/mol. The van der Waals surface area contributed by atoms with Crippen molar-refractivity contribution < 1.29 is 24.0 Å². The highest BCUT2D eigenvalue weighted by atomic mass is 16.4. The molecule has 0 bridgehead atoms. The van der Waals surface area contributed by atoms with Gasteiger partial charge in [0.05, 0.1) is 14.1 Å². The number of carbonyl (C=O) groups excluding carboxylic acids is 2. The minimum absolute atomic E-state index is 0.00537. The topological polar surface area (TPSA) is 98.7 Å². The van der Waals surface area contributed by atoms with Crippen molar-refractivity contribution in [2.24, 2.45) is 0 Å². The van der Waals surface area contributed by atoms with Gasteiger partial charge in [-0.05, 0) is 12.8 Å². The van der Waals surface area contributed by atoms with Crippen molar-refractivity contribution in [3.63, 3.8) is 0 Å². The first-order valence-corrected chi connectivity index (χ1v) is 6.47. The molecule has 0 radical (unpaired) electrons. The van der Waals surface area contributed by atoms with E-state index in [1.165, 1.54) is 0 Å². The lowest BCUT2D eigenvalue weighted by Gasteiger charge is -2.35. The highest BCUT2D eigenvalue weighted by Crippen LogP contribution is 2.38. The van der Waals surface area contributed by atoms with Crippen molar-refractivity contribution >= 4 is 18.0 Å². The van der Waals surface area contributed by atoms with E-state index in [1.807, 2.05) is 13.8 Å². The summed E-state index contributed by atoms with van der Waals surface area (Å²) in [4.78, 5) is 36.7. The average Bonchev–Trinajstić information content (AvgIpc) is 2.74. The standard InChI is InChI=1S/C12H18N4O4/c1-5-12(6-2)14-8-7(15(12)11(19)20)9(17)13-10(18)16(8,3)4/h5-6H2,1-4H3,(H2-,13,14,17,18,19,20)/p+1. The van der Waals surface area contributed by atoms with Crippen LogP contribution in [0.4, 0.5) is 9.59 Å². The molecule has 2 rings (SSSR count). The van der Waals surface area contributed by atoms with Gasteiger partial charge >= 0.3 is 12.1 Å². The first-order valence-electron chi connectivity index (χ1n) is 6.47. The molecule has 8 nitrogen and oxygen atoms in total. The first-order chi connectivity index (χ1) is 9.21. The zero-order chi connectivity index (χ0) is 15.3. The van der Waals surface area contributed by atoms with E-state index in [0.717, 1.165) is 4.90 Å². The van der Waals surface area contributed by atoms with E-state index in [2.05, 4.69) is 10.6 Å². The Kier molecular flexibility index (Phi) is 3.01. The Labute approximate surface area is 116 Å². The SMILES string of the molecule is CCC1(CC)NC2=C(C(=O)NC(=O)[N+]2(C)C)N1C(=O)O. The maximum atomic E-state index is 12.1. The zero-order valence-electron chi connectivity index (χ0n) is 12.0. The van der Waals surface area contributed by atoms with Crippen LogP contribution in [0.1, 0.15) is 26.7 Å². The van der Waals surface area contributed by atoms with E-state index in [1.54, 1.807) is 14.1 Å². The Morgan fingerprint density at radius 2 is 1.85 bits per heavy atom. The van der Waals surface area contributed by atoms with E-state index in [0.29, 0.717) is 18.7 Å². The summed E-state index contributed by atoms with van der Waals surface area (Å²) in [5.41, 5.74) is -0.889. The summed E-state index contributed by atoms with van der Waals surface area (Å²) >= 11 is 0. The van der Waals surface area contributed by atoms with Crippen molar-refractivity contribution in [1.82, 2.24) is 15.5 Å². The third kappa shape index (κ3) is 1.61. The summed E-state index contributed by atoms with van der Waals surface area (Å²) < 4.78 is -0.243.